The van der Waals surface area contributed by atoms with Crippen LogP contribution in [0.4, 0.5) is 0 Å². The highest BCUT2D eigenvalue weighted by atomic mass is 16.8. The van der Waals surface area contributed by atoms with Gasteiger partial charge in [0, 0.05) is 6.61 Å². The fraction of sp³-hybridized carbons (Fsp3) is 0.550. The SMILES string of the molecule is CCCCCCCCO[C@@H]1O[C@H]([C@@H](COCc2ccccc2)O[C@H]2O[C@H](CO)[C@@H](O)[C@@H]2O)[C@H](OCc2ccccc2)[C@H]1OCc1ccccc1. The molecule has 2 aliphatic heterocycles. The second-order valence-electron chi connectivity index (χ2n) is 13.0. The normalized spacial score (nSPS) is 27.1. The van der Waals surface area contributed by atoms with Gasteiger partial charge in [0.2, 0.25) is 0 Å². The van der Waals surface area contributed by atoms with E-state index in [-0.39, 0.29) is 13.2 Å². The van der Waals surface area contributed by atoms with Gasteiger partial charge in [0.05, 0.1) is 33.0 Å². The smallest absolute Gasteiger partial charge is 0.187 e. The van der Waals surface area contributed by atoms with Gasteiger partial charge in [-0.2, -0.15) is 0 Å². The van der Waals surface area contributed by atoms with Crippen LogP contribution in [0, 0.1) is 0 Å². The number of hydrogen-bond acceptors (Lipinski definition) is 10. The second-order valence-corrected chi connectivity index (χ2v) is 13.0. The summed E-state index contributed by atoms with van der Waals surface area (Å²) in [6.07, 6.45) is -1.89. The Morgan fingerprint density at radius 3 is 1.76 bits per heavy atom. The van der Waals surface area contributed by atoms with E-state index >= 15 is 0 Å². The topological polar surface area (TPSA) is 125 Å². The molecule has 0 radical (unpaired) electrons. The summed E-state index contributed by atoms with van der Waals surface area (Å²) in [5, 5.41) is 31.1. The molecule has 9 atom stereocenters. The van der Waals surface area contributed by atoms with Crippen molar-refractivity contribution in [2.24, 2.45) is 0 Å². The summed E-state index contributed by atoms with van der Waals surface area (Å²) in [5.74, 6) is 0. The molecule has 5 rings (SSSR count). The highest BCUT2D eigenvalue weighted by Gasteiger charge is 2.53. The zero-order chi connectivity index (χ0) is 35.0. The molecule has 3 N–H and O–H groups in total. The van der Waals surface area contributed by atoms with Crippen molar-refractivity contribution in [3.63, 3.8) is 0 Å². The standard InChI is InChI=1S/C40H54O10/c1-2-3-4-5-6-16-23-45-40-38(47-27-31-21-14-9-15-22-31)37(46-26-30-19-12-8-13-20-30)36(50-40)33(28-44-25-29-17-10-7-11-18-29)49-39-35(43)34(42)32(24-41)48-39/h7-15,17-22,32-43H,2-6,16,23-28H2,1H3/t32-,33-,34-,35+,36-,37+,38-,39-,40-/m1/s1. The Hall–Kier alpha value is -2.74. The zero-order valence-corrected chi connectivity index (χ0v) is 29.0. The molecule has 3 aromatic rings. The summed E-state index contributed by atoms with van der Waals surface area (Å²) < 4.78 is 44.6. The van der Waals surface area contributed by atoms with E-state index in [9.17, 15) is 15.3 Å². The van der Waals surface area contributed by atoms with Crippen molar-refractivity contribution in [3.05, 3.63) is 108 Å². The van der Waals surface area contributed by atoms with Crippen molar-refractivity contribution >= 4 is 0 Å². The van der Waals surface area contributed by atoms with E-state index in [1.165, 1.54) is 19.3 Å². The first kappa shape index (κ1) is 38.5. The molecule has 0 unspecified atom stereocenters. The van der Waals surface area contributed by atoms with E-state index in [1.807, 2.05) is 91.0 Å². The van der Waals surface area contributed by atoms with Crippen molar-refractivity contribution in [1.82, 2.24) is 0 Å². The maximum atomic E-state index is 10.8. The molecular weight excluding hydrogens is 640 g/mol. The van der Waals surface area contributed by atoms with Crippen molar-refractivity contribution in [2.75, 3.05) is 19.8 Å². The number of benzene rings is 3. The molecule has 0 spiro atoms. The van der Waals surface area contributed by atoms with Gasteiger partial charge in [0.15, 0.2) is 12.6 Å². The van der Waals surface area contributed by atoms with Crippen LogP contribution in [0.3, 0.4) is 0 Å². The first-order valence-electron chi connectivity index (χ1n) is 18.0. The average molecular weight is 695 g/mol. The lowest BCUT2D eigenvalue weighted by atomic mass is 10.0. The first-order chi connectivity index (χ1) is 24.6. The first-order valence-corrected chi connectivity index (χ1v) is 18.0. The molecule has 0 saturated carbocycles. The molecule has 10 heteroatoms. The summed E-state index contributed by atoms with van der Waals surface area (Å²) in [6.45, 7) is 3.18. The van der Waals surface area contributed by atoms with Gasteiger partial charge in [0.1, 0.15) is 42.7 Å². The Morgan fingerprint density at radius 1 is 0.620 bits per heavy atom. The highest BCUT2D eigenvalue weighted by Crippen LogP contribution is 2.34. The summed E-state index contributed by atoms with van der Waals surface area (Å²) >= 11 is 0. The van der Waals surface area contributed by atoms with Gasteiger partial charge in [-0.25, -0.2) is 0 Å². The fourth-order valence-electron chi connectivity index (χ4n) is 6.29. The molecule has 50 heavy (non-hydrogen) atoms. The van der Waals surface area contributed by atoms with Gasteiger partial charge in [-0.15, -0.1) is 0 Å². The zero-order valence-electron chi connectivity index (χ0n) is 29.0. The number of aliphatic hydroxyl groups excluding tert-OH is 3. The Labute approximate surface area is 296 Å². The minimum absolute atomic E-state index is 0.0484. The predicted octanol–water partition coefficient (Wildman–Crippen LogP) is 5.30. The summed E-state index contributed by atoms with van der Waals surface area (Å²) in [7, 11) is 0. The van der Waals surface area contributed by atoms with E-state index < -0.39 is 61.9 Å². The second kappa shape index (κ2) is 20.9. The number of hydrogen-bond donors (Lipinski definition) is 3. The van der Waals surface area contributed by atoms with Crippen LogP contribution in [0.2, 0.25) is 0 Å². The highest BCUT2D eigenvalue weighted by molar-refractivity contribution is 5.15. The molecule has 2 aliphatic rings. The van der Waals surface area contributed by atoms with E-state index in [4.69, 9.17) is 33.2 Å². The molecule has 0 bridgehead atoms. The lowest BCUT2D eigenvalue weighted by Gasteiger charge is -2.31. The summed E-state index contributed by atoms with van der Waals surface area (Å²) in [5.41, 5.74) is 2.95. The fourth-order valence-corrected chi connectivity index (χ4v) is 6.29. The Morgan fingerprint density at radius 2 is 1.18 bits per heavy atom. The molecular formula is C40H54O10. The Kier molecular flexibility index (Phi) is 16.1. The lowest BCUT2D eigenvalue weighted by Crippen LogP contribution is -2.47. The number of unbranched alkanes of at least 4 members (excludes halogenated alkanes) is 5. The van der Waals surface area contributed by atoms with Crippen LogP contribution in [0.15, 0.2) is 91.0 Å². The van der Waals surface area contributed by atoms with Gasteiger partial charge in [-0.1, -0.05) is 130 Å². The van der Waals surface area contributed by atoms with Gasteiger partial charge in [-0.3, -0.25) is 0 Å². The summed E-state index contributed by atoms with van der Waals surface area (Å²) in [4.78, 5) is 0. The van der Waals surface area contributed by atoms with Gasteiger partial charge in [0.25, 0.3) is 0 Å². The predicted molar refractivity (Wildman–Crippen MR) is 187 cm³/mol. The van der Waals surface area contributed by atoms with E-state index in [0.717, 1.165) is 36.0 Å². The quantitative estimate of drug-likeness (QED) is 0.119. The van der Waals surface area contributed by atoms with Crippen LogP contribution in [0.5, 0.6) is 0 Å². The van der Waals surface area contributed by atoms with Crippen molar-refractivity contribution < 1.29 is 48.5 Å². The van der Waals surface area contributed by atoms with E-state index in [1.54, 1.807) is 0 Å². The molecule has 0 aromatic heterocycles. The van der Waals surface area contributed by atoms with E-state index in [2.05, 4.69) is 6.92 Å². The van der Waals surface area contributed by atoms with Gasteiger partial charge in [-0.05, 0) is 23.1 Å². The maximum Gasteiger partial charge on any atom is 0.187 e. The molecule has 274 valence electrons. The molecule has 0 amide bonds. The van der Waals surface area contributed by atoms with Crippen LogP contribution in [-0.2, 0) is 53.0 Å². The third kappa shape index (κ3) is 11.4. The molecule has 3 aromatic carbocycles. The van der Waals surface area contributed by atoms with Crippen molar-refractivity contribution in [2.45, 2.75) is 121 Å². The minimum atomic E-state index is -1.39. The Bertz CT molecular complexity index is 1320. The number of rotatable bonds is 22. The molecule has 0 aliphatic carbocycles. The van der Waals surface area contributed by atoms with Crippen LogP contribution in [-0.4, -0.2) is 90.4 Å². The molecule has 10 nitrogen and oxygen atoms in total. The minimum Gasteiger partial charge on any atom is -0.394 e. The summed E-state index contributed by atoms with van der Waals surface area (Å²) in [6, 6.07) is 29.6. The van der Waals surface area contributed by atoms with Crippen LogP contribution in [0.25, 0.3) is 0 Å². The number of ether oxygens (including phenoxy) is 7. The van der Waals surface area contributed by atoms with Gasteiger partial charge < -0.3 is 48.5 Å². The number of aliphatic hydroxyl groups is 3. The van der Waals surface area contributed by atoms with Gasteiger partial charge >= 0.3 is 0 Å². The molecule has 2 saturated heterocycles. The van der Waals surface area contributed by atoms with Crippen LogP contribution < -0.4 is 0 Å². The van der Waals surface area contributed by atoms with Crippen molar-refractivity contribution in [3.8, 4) is 0 Å². The van der Waals surface area contributed by atoms with E-state index in [0.29, 0.717) is 19.8 Å². The third-order valence-corrected chi connectivity index (χ3v) is 9.13. The molecule has 2 heterocycles. The third-order valence-electron chi connectivity index (χ3n) is 9.13. The van der Waals surface area contributed by atoms with Crippen LogP contribution >= 0.6 is 0 Å². The lowest BCUT2D eigenvalue weighted by molar-refractivity contribution is -0.245. The maximum absolute atomic E-state index is 10.8. The molecule has 2 fully saturated rings. The Balaban J connectivity index is 1.39. The van der Waals surface area contributed by atoms with Crippen molar-refractivity contribution in [1.29, 1.82) is 0 Å². The largest absolute Gasteiger partial charge is 0.394 e. The monoisotopic (exact) mass is 694 g/mol. The average Bonchev–Trinajstić information content (AvgIpc) is 3.64. The van der Waals surface area contributed by atoms with Crippen LogP contribution in [0.1, 0.15) is 62.1 Å².